The van der Waals surface area contributed by atoms with Gasteiger partial charge in [0.15, 0.2) is 11.5 Å². The number of aromatic amines is 1. The molecule has 7 nitrogen and oxygen atoms in total. The van der Waals surface area contributed by atoms with Gasteiger partial charge in [0.2, 0.25) is 11.6 Å². The summed E-state index contributed by atoms with van der Waals surface area (Å²) in [6.07, 6.45) is 0.392. The van der Waals surface area contributed by atoms with Gasteiger partial charge in [-0.05, 0) is 30.3 Å². The summed E-state index contributed by atoms with van der Waals surface area (Å²) in [5, 5.41) is 0.587. The lowest BCUT2D eigenvalue weighted by atomic mass is 10.0. The fourth-order valence-corrected chi connectivity index (χ4v) is 3.35. The molecule has 28 heavy (non-hydrogen) atoms. The second-order valence-corrected chi connectivity index (χ2v) is 6.58. The number of aromatic nitrogens is 2. The molecule has 0 bridgehead atoms. The summed E-state index contributed by atoms with van der Waals surface area (Å²) in [6.45, 7) is 0. The molecule has 0 fully saturated rings. The third-order valence-corrected chi connectivity index (χ3v) is 4.75. The van der Waals surface area contributed by atoms with E-state index in [4.69, 9.17) is 30.5 Å². The molecule has 0 saturated carbocycles. The summed E-state index contributed by atoms with van der Waals surface area (Å²) < 4.78 is 21.9. The topological polar surface area (TPSA) is 82.7 Å². The molecule has 2 heterocycles. The van der Waals surface area contributed by atoms with Crippen LogP contribution in [0.5, 0.6) is 28.9 Å². The van der Waals surface area contributed by atoms with Crippen LogP contribution < -0.4 is 24.5 Å². The van der Waals surface area contributed by atoms with Gasteiger partial charge in [-0.25, -0.2) is 0 Å². The Bertz CT molecular complexity index is 1100. The van der Waals surface area contributed by atoms with Crippen LogP contribution in [0.3, 0.4) is 0 Å². The van der Waals surface area contributed by atoms with E-state index in [2.05, 4.69) is 9.97 Å². The van der Waals surface area contributed by atoms with Gasteiger partial charge in [-0.2, -0.15) is 4.98 Å². The lowest BCUT2D eigenvalue weighted by Crippen LogP contribution is -2.20. The minimum Gasteiger partial charge on any atom is -0.493 e. The zero-order chi connectivity index (χ0) is 19.8. The van der Waals surface area contributed by atoms with E-state index < -0.39 is 0 Å². The number of ether oxygens (including phenoxy) is 4. The van der Waals surface area contributed by atoms with Crippen LogP contribution in [0.4, 0.5) is 0 Å². The van der Waals surface area contributed by atoms with Gasteiger partial charge in [0.05, 0.1) is 26.9 Å². The molecule has 3 aromatic rings. The summed E-state index contributed by atoms with van der Waals surface area (Å²) in [5.74, 6) is 2.60. The maximum absolute atomic E-state index is 12.7. The molecule has 0 spiro atoms. The summed E-state index contributed by atoms with van der Waals surface area (Å²) in [7, 11) is 4.57. The molecule has 2 aromatic carbocycles. The highest BCUT2D eigenvalue weighted by atomic mass is 35.5. The van der Waals surface area contributed by atoms with Crippen molar-refractivity contribution >= 4 is 11.6 Å². The van der Waals surface area contributed by atoms with E-state index in [-0.39, 0.29) is 11.4 Å². The Morgan fingerprint density at radius 2 is 1.79 bits per heavy atom. The van der Waals surface area contributed by atoms with Gasteiger partial charge in [-0.1, -0.05) is 11.6 Å². The first-order chi connectivity index (χ1) is 13.5. The Labute approximate surface area is 165 Å². The van der Waals surface area contributed by atoms with Crippen LogP contribution >= 0.6 is 11.6 Å². The maximum Gasteiger partial charge on any atom is 0.258 e. The van der Waals surface area contributed by atoms with E-state index in [9.17, 15) is 4.79 Å². The third-order valence-electron chi connectivity index (χ3n) is 4.51. The minimum atomic E-state index is -0.278. The monoisotopic (exact) mass is 400 g/mol. The van der Waals surface area contributed by atoms with Crippen LogP contribution in [0, 0.1) is 0 Å². The molecule has 0 radical (unpaired) electrons. The molecule has 0 aliphatic carbocycles. The molecule has 1 aliphatic heterocycles. The Hall–Kier alpha value is -3.19. The van der Waals surface area contributed by atoms with Crippen molar-refractivity contribution in [2.24, 2.45) is 0 Å². The molecule has 8 heteroatoms. The zero-order valence-corrected chi connectivity index (χ0v) is 16.2. The quantitative estimate of drug-likeness (QED) is 0.561. The Morgan fingerprint density at radius 3 is 2.43 bits per heavy atom. The van der Waals surface area contributed by atoms with Crippen LogP contribution in [0.25, 0.3) is 11.4 Å². The second-order valence-electron chi connectivity index (χ2n) is 6.14. The van der Waals surface area contributed by atoms with Crippen molar-refractivity contribution in [2.75, 3.05) is 21.3 Å². The van der Waals surface area contributed by atoms with Gasteiger partial charge in [0, 0.05) is 22.6 Å². The van der Waals surface area contributed by atoms with Crippen molar-refractivity contribution in [1.29, 1.82) is 0 Å². The lowest BCUT2D eigenvalue weighted by molar-refractivity contribution is 0.324. The van der Waals surface area contributed by atoms with Gasteiger partial charge in [-0.15, -0.1) is 0 Å². The van der Waals surface area contributed by atoms with Crippen molar-refractivity contribution in [3.05, 3.63) is 56.8 Å². The van der Waals surface area contributed by atoms with Crippen LogP contribution in [-0.2, 0) is 6.42 Å². The number of hydrogen-bond donors (Lipinski definition) is 1. The molecule has 0 saturated heterocycles. The predicted molar refractivity (Wildman–Crippen MR) is 104 cm³/mol. The number of fused-ring (bicyclic) bond motifs is 2. The van der Waals surface area contributed by atoms with E-state index in [1.165, 1.54) is 21.3 Å². The number of rotatable bonds is 4. The Kier molecular flexibility index (Phi) is 4.60. The van der Waals surface area contributed by atoms with E-state index in [0.29, 0.717) is 51.4 Å². The Balaban J connectivity index is 1.82. The summed E-state index contributed by atoms with van der Waals surface area (Å²) in [4.78, 5) is 20.0. The fourth-order valence-electron chi connectivity index (χ4n) is 3.15. The predicted octanol–water partition coefficient (Wildman–Crippen LogP) is 3.81. The molecule has 1 N–H and O–H groups in total. The largest absolute Gasteiger partial charge is 0.493 e. The molecule has 144 valence electrons. The number of benzene rings is 2. The molecule has 0 atom stereocenters. The van der Waals surface area contributed by atoms with Crippen LogP contribution in [-0.4, -0.2) is 31.3 Å². The van der Waals surface area contributed by atoms with Crippen molar-refractivity contribution < 1.29 is 18.9 Å². The highest BCUT2D eigenvalue weighted by molar-refractivity contribution is 6.30. The smallest absolute Gasteiger partial charge is 0.258 e. The van der Waals surface area contributed by atoms with E-state index in [1.54, 1.807) is 30.3 Å². The van der Waals surface area contributed by atoms with Crippen molar-refractivity contribution in [3.8, 4) is 40.3 Å². The fraction of sp³-hybridized carbons (Fsp3) is 0.200. The van der Waals surface area contributed by atoms with Gasteiger partial charge in [0.25, 0.3) is 5.56 Å². The molecule has 4 rings (SSSR count). The van der Waals surface area contributed by atoms with E-state index >= 15 is 0 Å². The lowest BCUT2D eigenvalue weighted by Gasteiger charge is -2.19. The molecule has 0 unspecified atom stereocenters. The SMILES string of the molecule is COc1cc(-c2nc3c(c(=O)[nH]2)Cc2cc(Cl)ccc2O3)cc(OC)c1OC. The summed E-state index contributed by atoms with van der Waals surface area (Å²) >= 11 is 6.04. The standard InChI is InChI=1S/C20H17ClN2O5/c1-25-15-8-11(9-16(26-2)17(15)27-3)18-22-19(24)13-7-10-6-12(21)4-5-14(10)28-20(13)23-18/h4-6,8-9H,7H2,1-3H3,(H,22,23,24). The number of nitrogens with one attached hydrogen (secondary N) is 1. The molecule has 0 amide bonds. The highest BCUT2D eigenvalue weighted by Gasteiger charge is 2.23. The molecule has 1 aromatic heterocycles. The van der Waals surface area contributed by atoms with E-state index in [1.807, 2.05) is 0 Å². The van der Waals surface area contributed by atoms with Crippen LogP contribution in [0.1, 0.15) is 11.1 Å². The first-order valence-corrected chi connectivity index (χ1v) is 8.81. The Morgan fingerprint density at radius 1 is 1.07 bits per heavy atom. The number of hydrogen-bond acceptors (Lipinski definition) is 6. The number of nitrogens with zero attached hydrogens (tertiary/aromatic N) is 1. The van der Waals surface area contributed by atoms with E-state index in [0.717, 1.165) is 5.56 Å². The first-order valence-electron chi connectivity index (χ1n) is 8.44. The average Bonchev–Trinajstić information content (AvgIpc) is 2.71. The highest BCUT2D eigenvalue weighted by Crippen LogP contribution is 2.41. The number of halogens is 1. The van der Waals surface area contributed by atoms with Crippen molar-refractivity contribution in [3.63, 3.8) is 0 Å². The molecule has 1 aliphatic rings. The number of methoxy groups -OCH3 is 3. The normalized spacial score (nSPS) is 11.9. The second kappa shape index (κ2) is 7.09. The van der Waals surface area contributed by atoms with Gasteiger partial charge < -0.3 is 23.9 Å². The average molecular weight is 401 g/mol. The zero-order valence-electron chi connectivity index (χ0n) is 15.5. The summed E-state index contributed by atoms with van der Waals surface area (Å²) in [5.41, 5.74) is 1.61. The molecular weight excluding hydrogens is 384 g/mol. The minimum absolute atomic E-state index is 0.266. The number of H-pyrrole nitrogens is 1. The van der Waals surface area contributed by atoms with Crippen molar-refractivity contribution in [2.45, 2.75) is 6.42 Å². The van der Waals surface area contributed by atoms with Crippen molar-refractivity contribution in [1.82, 2.24) is 9.97 Å². The summed E-state index contributed by atoms with van der Waals surface area (Å²) in [6, 6.07) is 8.71. The first kappa shape index (κ1) is 18.2. The van der Waals surface area contributed by atoms with Crippen LogP contribution in [0.2, 0.25) is 5.02 Å². The third kappa shape index (κ3) is 3.03. The van der Waals surface area contributed by atoms with Gasteiger partial charge in [0.1, 0.15) is 11.6 Å². The van der Waals surface area contributed by atoms with Gasteiger partial charge >= 0.3 is 0 Å². The molecular formula is C20H17ClN2O5. The maximum atomic E-state index is 12.7. The van der Waals surface area contributed by atoms with Gasteiger partial charge in [-0.3, -0.25) is 4.79 Å². The van der Waals surface area contributed by atoms with Crippen LogP contribution in [0.15, 0.2) is 35.1 Å².